The highest BCUT2D eigenvalue weighted by atomic mass is 16.5. The van der Waals surface area contributed by atoms with E-state index < -0.39 is 6.10 Å². The Kier molecular flexibility index (Phi) is 2.76. The molecule has 1 aromatic heterocycles. The summed E-state index contributed by atoms with van der Waals surface area (Å²) in [7, 11) is 0. The van der Waals surface area contributed by atoms with Gasteiger partial charge in [0.15, 0.2) is 0 Å². The molecule has 2 heterocycles. The fourth-order valence-electron chi connectivity index (χ4n) is 2.27. The van der Waals surface area contributed by atoms with Crippen LogP contribution in [0.15, 0.2) is 42.6 Å². The molecular formula is C15H15NO2. The molecule has 0 bridgehead atoms. The number of benzene rings is 1. The zero-order valence-corrected chi connectivity index (χ0v) is 10.2. The SMILES string of the molecule is Cc1ccc(C2CC(O)c3ccccc3O2)cn1. The maximum absolute atomic E-state index is 10.1. The van der Waals surface area contributed by atoms with E-state index in [-0.39, 0.29) is 6.10 Å². The molecule has 0 spiro atoms. The molecule has 3 nitrogen and oxygen atoms in total. The maximum Gasteiger partial charge on any atom is 0.128 e. The number of rotatable bonds is 1. The first kappa shape index (κ1) is 11.2. The van der Waals surface area contributed by atoms with Crippen LogP contribution in [-0.2, 0) is 0 Å². The Bertz CT molecular complexity index is 551. The molecule has 0 fully saturated rings. The molecule has 0 radical (unpaired) electrons. The minimum absolute atomic E-state index is 0.122. The summed E-state index contributed by atoms with van der Waals surface area (Å²) < 4.78 is 5.93. The summed E-state index contributed by atoms with van der Waals surface area (Å²) in [5.41, 5.74) is 2.86. The van der Waals surface area contributed by atoms with Gasteiger partial charge in [0.2, 0.25) is 0 Å². The number of pyridine rings is 1. The first-order chi connectivity index (χ1) is 8.74. The van der Waals surface area contributed by atoms with Crippen LogP contribution in [0.1, 0.15) is 35.4 Å². The molecule has 2 aromatic rings. The number of fused-ring (bicyclic) bond motifs is 1. The summed E-state index contributed by atoms with van der Waals surface area (Å²) in [6, 6.07) is 11.6. The molecule has 18 heavy (non-hydrogen) atoms. The summed E-state index contributed by atoms with van der Waals surface area (Å²) in [6.07, 6.45) is 1.80. The van der Waals surface area contributed by atoms with E-state index in [1.165, 1.54) is 0 Å². The zero-order chi connectivity index (χ0) is 12.5. The predicted octanol–water partition coefficient (Wildman–Crippen LogP) is 2.95. The smallest absolute Gasteiger partial charge is 0.128 e. The van der Waals surface area contributed by atoms with Gasteiger partial charge in [0, 0.05) is 29.4 Å². The van der Waals surface area contributed by atoms with Crippen molar-refractivity contribution in [2.75, 3.05) is 0 Å². The average Bonchev–Trinajstić information content (AvgIpc) is 2.39. The quantitative estimate of drug-likeness (QED) is 0.834. The zero-order valence-electron chi connectivity index (χ0n) is 10.2. The van der Waals surface area contributed by atoms with E-state index in [0.717, 1.165) is 22.6 Å². The molecule has 1 aliphatic rings. The Morgan fingerprint density at radius 3 is 2.83 bits per heavy atom. The molecule has 2 atom stereocenters. The number of aryl methyl sites for hydroxylation is 1. The van der Waals surface area contributed by atoms with Gasteiger partial charge in [0.1, 0.15) is 11.9 Å². The molecule has 92 valence electrons. The Morgan fingerprint density at radius 2 is 2.06 bits per heavy atom. The van der Waals surface area contributed by atoms with Crippen molar-refractivity contribution in [3.05, 3.63) is 59.4 Å². The van der Waals surface area contributed by atoms with Crippen molar-refractivity contribution in [1.29, 1.82) is 0 Å². The molecular weight excluding hydrogens is 226 g/mol. The Hall–Kier alpha value is -1.87. The Labute approximate surface area is 106 Å². The second-order valence-electron chi connectivity index (χ2n) is 4.63. The first-order valence-corrected chi connectivity index (χ1v) is 6.10. The molecule has 1 N–H and O–H groups in total. The Morgan fingerprint density at radius 1 is 1.22 bits per heavy atom. The lowest BCUT2D eigenvalue weighted by Crippen LogP contribution is -2.19. The van der Waals surface area contributed by atoms with Gasteiger partial charge in [-0.15, -0.1) is 0 Å². The lowest BCUT2D eigenvalue weighted by Gasteiger charge is -2.29. The third-order valence-electron chi connectivity index (χ3n) is 3.29. The average molecular weight is 241 g/mol. The highest BCUT2D eigenvalue weighted by Gasteiger charge is 2.27. The van der Waals surface area contributed by atoms with Crippen LogP contribution in [0.5, 0.6) is 5.75 Å². The van der Waals surface area contributed by atoms with Crippen molar-refractivity contribution in [3.8, 4) is 5.75 Å². The third kappa shape index (κ3) is 1.97. The highest BCUT2D eigenvalue weighted by molar-refractivity contribution is 5.38. The van der Waals surface area contributed by atoms with E-state index in [1.54, 1.807) is 0 Å². The van der Waals surface area contributed by atoms with E-state index in [4.69, 9.17) is 4.74 Å². The van der Waals surface area contributed by atoms with E-state index in [1.807, 2.05) is 49.5 Å². The fraction of sp³-hybridized carbons (Fsp3) is 0.267. The second-order valence-corrected chi connectivity index (χ2v) is 4.63. The topological polar surface area (TPSA) is 42.4 Å². The molecule has 1 aromatic carbocycles. The number of ether oxygens (including phenoxy) is 1. The van der Waals surface area contributed by atoms with Crippen LogP contribution in [0.4, 0.5) is 0 Å². The van der Waals surface area contributed by atoms with Crippen LogP contribution < -0.4 is 4.74 Å². The fourth-order valence-corrected chi connectivity index (χ4v) is 2.27. The molecule has 2 unspecified atom stereocenters. The van der Waals surface area contributed by atoms with Gasteiger partial charge in [-0.2, -0.15) is 0 Å². The summed E-state index contributed by atoms with van der Waals surface area (Å²) in [6.45, 7) is 1.95. The summed E-state index contributed by atoms with van der Waals surface area (Å²) in [4.78, 5) is 4.27. The largest absolute Gasteiger partial charge is 0.485 e. The molecule has 1 aliphatic heterocycles. The monoisotopic (exact) mass is 241 g/mol. The van der Waals surface area contributed by atoms with Gasteiger partial charge in [-0.3, -0.25) is 4.98 Å². The third-order valence-corrected chi connectivity index (χ3v) is 3.29. The van der Waals surface area contributed by atoms with E-state index in [0.29, 0.717) is 6.42 Å². The van der Waals surface area contributed by atoms with Gasteiger partial charge in [0.25, 0.3) is 0 Å². The predicted molar refractivity (Wildman–Crippen MR) is 68.4 cm³/mol. The van der Waals surface area contributed by atoms with Gasteiger partial charge < -0.3 is 9.84 Å². The molecule has 0 amide bonds. The second kappa shape index (κ2) is 4.42. The van der Waals surface area contributed by atoms with Gasteiger partial charge in [-0.05, 0) is 19.1 Å². The van der Waals surface area contributed by atoms with Crippen molar-refractivity contribution in [3.63, 3.8) is 0 Å². The van der Waals surface area contributed by atoms with Crippen molar-refractivity contribution >= 4 is 0 Å². The lowest BCUT2D eigenvalue weighted by atomic mass is 9.96. The van der Waals surface area contributed by atoms with Crippen molar-refractivity contribution in [2.45, 2.75) is 25.6 Å². The van der Waals surface area contributed by atoms with Crippen molar-refractivity contribution in [2.24, 2.45) is 0 Å². The standard InChI is InChI=1S/C15H15NO2/c1-10-6-7-11(9-16-10)15-8-13(17)12-4-2-3-5-14(12)18-15/h2-7,9,13,15,17H,8H2,1H3. The normalized spacial score (nSPS) is 22.1. The number of nitrogens with zero attached hydrogens (tertiary/aromatic N) is 1. The van der Waals surface area contributed by atoms with Crippen LogP contribution in [0.2, 0.25) is 0 Å². The molecule has 3 heteroatoms. The lowest BCUT2D eigenvalue weighted by molar-refractivity contribution is 0.0656. The maximum atomic E-state index is 10.1. The van der Waals surface area contributed by atoms with Gasteiger partial charge in [-0.1, -0.05) is 24.3 Å². The van der Waals surface area contributed by atoms with E-state index in [9.17, 15) is 5.11 Å². The highest BCUT2D eigenvalue weighted by Crippen LogP contribution is 2.40. The van der Waals surface area contributed by atoms with Gasteiger partial charge >= 0.3 is 0 Å². The van der Waals surface area contributed by atoms with Crippen molar-refractivity contribution in [1.82, 2.24) is 4.98 Å². The molecule has 0 aliphatic carbocycles. The van der Waals surface area contributed by atoms with Crippen LogP contribution in [0.3, 0.4) is 0 Å². The van der Waals surface area contributed by atoms with Crippen LogP contribution in [0.25, 0.3) is 0 Å². The van der Waals surface area contributed by atoms with Gasteiger partial charge in [-0.25, -0.2) is 0 Å². The Balaban J connectivity index is 1.92. The van der Waals surface area contributed by atoms with E-state index in [2.05, 4.69) is 4.98 Å². The van der Waals surface area contributed by atoms with Crippen molar-refractivity contribution < 1.29 is 9.84 Å². The van der Waals surface area contributed by atoms with Crippen LogP contribution >= 0.6 is 0 Å². The van der Waals surface area contributed by atoms with Gasteiger partial charge in [0.05, 0.1) is 6.10 Å². The number of hydrogen-bond donors (Lipinski definition) is 1. The van der Waals surface area contributed by atoms with E-state index >= 15 is 0 Å². The number of hydrogen-bond acceptors (Lipinski definition) is 3. The van der Waals surface area contributed by atoms with Crippen LogP contribution in [0, 0.1) is 6.92 Å². The number of para-hydroxylation sites is 1. The molecule has 0 saturated carbocycles. The number of aliphatic hydroxyl groups is 1. The van der Waals surface area contributed by atoms with Crippen LogP contribution in [-0.4, -0.2) is 10.1 Å². The summed E-state index contributed by atoms with van der Waals surface area (Å²) >= 11 is 0. The number of aliphatic hydroxyl groups excluding tert-OH is 1. The minimum atomic E-state index is -0.471. The minimum Gasteiger partial charge on any atom is -0.485 e. The molecule has 3 rings (SSSR count). The first-order valence-electron chi connectivity index (χ1n) is 6.10. The number of aromatic nitrogens is 1. The summed E-state index contributed by atoms with van der Waals surface area (Å²) in [5.74, 6) is 0.766. The summed E-state index contributed by atoms with van der Waals surface area (Å²) in [5, 5.41) is 10.1. The molecule has 0 saturated heterocycles.